The van der Waals surface area contributed by atoms with Gasteiger partial charge in [-0.05, 0) is 69.0 Å². The highest BCUT2D eigenvalue weighted by Gasteiger charge is 2.46. The summed E-state index contributed by atoms with van der Waals surface area (Å²) in [5.41, 5.74) is 3.59. The number of anilines is 1. The smallest absolute Gasteiger partial charge is 0.257 e. The third-order valence-electron chi connectivity index (χ3n) is 7.45. The quantitative estimate of drug-likeness (QED) is 0.392. The molecule has 1 aliphatic heterocycles. The summed E-state index contributed by atoms with van der Waals surface area (Å²) in [5.74, 6) is -0.235. The molecule has 1 aliphatic carbocycles. The molecule has 4 rings (SSSR count). The Labute approximate surface area is 222 Å². The van der Waals surface area contributed by atoms with Crippen LogP contribution in [0.5, 0.6) is 5.75 Å². The van der Waals surface area contributed by atoms with Crippen LogP contribution in [0.3, 0.4) is 0 Å². The van der Waals surface area contributed by atoms with E-state index in [1.54, 1.807) is 36.3 Å². The van der Waals surface area contributed by atoms with Crippen molar-refractivity contribution in [3.8, 4) is 11.8 Å². The lowest BCUT2D eigenvalue weighted by Gasteiger charge is -2.37. The molecule has 2 heterocycles. The van der Waals surface area contributed by atoms with E-state index in [0.29, 0.717) is 22.0 Å². The van der Waals surface area contributed by atoms with E-state index in [-0.39, 0.29) is 35.9 Å². The standard InChI is InChI=1S/C28H32N4O4S/c1-17-18(2)23(15-29)27(30-19(17)3)37-16-26(34)31(20-8-6-5-7-9-20)24-14-25(33)32(28(24)35)21-10-12-22(36-4)13-11-21/h10-13,20,24H,5-9,14,16H2,1-4H3. The Kier molecular flexibility index (Phi) is 8.18. The summed E-state index contributed by atoms with van der Waals surface area (Å²) in [6, 6.07) is 8.06. The van der Waals surface area contributed by atoms with Gasteiger partial charge in [0.05, 0.1) is 30.5 Å². The van der Waals surface area contributed by atoms with Crippen LogP contribution in [0.2, 0.25) is 0 Å². The van der Waals surface area contributed by atoms with Crippen LogP contribution in [-0.2, 0) is 14.4 Å². The van der Waals surface area contributed by atoms with Crippen molar-refractivity contribution in [1.29, 1.82) is 5.26 Å². The fourth-order valence-electron chi connectivity index (χ4n) is 5.18. The molecule has 0 radical (unpaired) electrons. The number of nitriles is 1. The molecule has 1 unspecified atom stereocenters. The first-order chi connectivity index (χ1) is 17.8. The van der Waals surface area contributed by atoms with Crippen LogP contribution in [0.15, 0.2) is 29.3 Å². The number of rotatable bonds is 7. The van der Waals surface area contributed by atoms with E-state index in [0.717, 1.165) is 48.9 Å². The van der Waals surface area contributed by atoms with Crippen molar-refractivity contribution in [2.75, 3.05) is 17.8 Å². The van der Waals surface area contributed by atoms with Gasteiger partial charge in [-0.3, -0.25) is 14.4 Å². The lowest BCUT2D eigenvalue weighted by Crippen LogP contribution is -2.52. The van der Waals surface area contributed by atoms with Gasteiger partial charge in [0.15, 0.2) is 0 Å². The molecule has 2 fully saturated rings. The number of imide groups is 1. The molecule has 1 atom stereocenters. The highest BCUT2D eigenvalue weighted by atomic mass is 32.2. The van der Waals surface area contributed by atoms with Crippen molar-refractivity contribution in [3.05, 3.63) is 46.6 Å². The van der Waals surface area contributed by atoms with Gasteiger partial charge in [-0.2, -0.15) is 5.26 Å². The van der Waals surface area contributed by atoms with Crippen molar-refractivity contribution in [2.45, 2.75) is 76.4 Å². The molecular weight excluding hydrogens is 488 g/mol. The number of nitrogens with zero attached hydrogens (tertiary/aromatic N) is 4. The first-order valence-corrected chi connectivity index (χ1v) is 13.6. The van der Waals surface area contributed by atoms with E-state index < -0.39 is 6.04 Å². The molecule has 37 heavy (non-hydrogen) atoms. The highest BCUT2D eigenvalue weighted by Crippen LogP contribution is 2.33. The van der Waals surface area contributed by atoms with E-state index >= 15 is 0 Å². The Morgan fingerprint density at radius 3 is 2.43 bits per heavy atom. The summed E-state index contributed by atoms with van der Waals surface area (Å²) >= 11 is 1.22. The van der Waals surface area contributed by atoms with Crippen molar-refractivity contribution >= 4 is 35.2 Å². The second-order valence-electron chi connectivity index (χ2n) is 9.61. The Morgan fingerprint density at radius 2 is 1.81 bits per heavy atom. The first-order valence-electron chi connectivity index (χ1n) is 12.6. The average Bonchev–Trinajstić information content (AvgIpc) is 3.20. The number of ether oxygens (including phenoxy) is 1. The maximum absolute atomic E-state index is 13.7. The third-order valence-corrected chi connectivity index (χ3v) is 8.41. The summed E-state index contributed by atoms with van der Waals surface area (Å²) in [7, 11) is 1.55. The van der Waals surface area contributed by atoms with E-state index in [4.69, 9.17) is 4.74 Å². The zero-order valence-corrected chi connectivity index (χ0v) is 22.6. The molecule has 0 spiro atoms. The zero-order chi connectivity index (χ0) is 26.7. The van der Waals surface area contributed by atoms with Crippen LogP contribution in [0.25, 0.3) is 0 Å². The lowest BCUT2D eigenvalue weighted by atomic mass is 9.92. The molecule has 0 N–H and O–H groups in total. The lowest BCUT2D eigenvalue weighted by molar-refractivity contribution is -0.139. The molecule has 194 valence electrons. The zero-order valence-electron chi connectivity index (χ0n) is 21.7. The van der Waals surface area contributed by atoms with Crippen LogP contribution in [0.1, 0.15) is 60.9 Å². The summed E-state index contributed by atoms with van der Waals surface area (Å²) < 4.78 is 5.19. The predicted molar refractivity (Wildman–Crippen MR) is 141 cm³/mol. The number of pyridine rings is 1. The van der Waals surface area contributed by atoms with Crippen molar-refractivity contribution < 1.29 is 19.1 Å². The minimum Gasteiger partial charge on any atom is -0.497 e. The fraction of sp³-hybridized carbons (Fsp3) is 0.464. The summed E-state index contributed by atoms with van der Waals surface area (Å²) in [6.45, 7) is 5.71. The van der Waals surface area contributed by atoms with Gasteiger partial charge in [-0.25, -0.2) is 9.88 Å². The average molecular weight is 521 g/mol. The number of aryl methyl sites for hydroxylation is 1. The van der Waals surface area contributed by atoms with Gasteiger partial charge in [0.1, 0.15) is 22.9 Å². The SMILES string of the molecule is COc1ccc(N2C(=O)CC(N(C(=O)CSc3nc(C)c(C)c(C)c3C#N)C3CCCCC3)C2=O)cc1. The molecule has 8 nitrogen and oxygen atoms in total. The fourth-order valence-corrected chi connectivity index (χ4v) is 6.13. The molecule has 1 aromatic carbocycles. The predicted octanol–water partition coefficient (Wildman–Crippen LogP) is 4.47. The van der Waals surface area contributed by atoms with Gasteiger partial charge < -0.3 is 9.64 Å². The summed E-state index contributed by atoms with van der Waals surface area (Å²) in [4.78, 5) is 47.7. The highest BCUT2D eigenvalue weighted by molar-refractivity contribution is 8.00. The minimum absolute atomic E-state index is 0.0395. The van der Waals surface area contributed by atoms with Gasteiger partial charge in [-0.1, -0.05) is 31.0 Å². The molecule has 2 aromatic rings. The van der Waals surface area contributed by atoms with Crippen molar-refractivity contribution in [2.24, 2.45) is 0 Å². The maximum atomic E-state index is 13.7. The number of methoxy groups -OCH3 is 1. The number of thioether (sulfide) groups is 1. The van der Waals surface area contributed by atoms with Gasteiger partial charge in [0.2, 0.25) is 11.8 Å². The number of aromatic nitrogens is 1. The van der Waals surface area contributed by atoms with Crippen molar-refractivity contribution in [1.82, 2.24) is 9.88 Å². The van der Waals surface area contributed by atoms with Crippen molar-refractivity contribution in [3.63, 3.8) is 0 Å². The topological polar surface area (TPSA) is 104 Å². The maximum Gasteiger partial charge on any atom is 0.257 e. The number of amides is 3. The second kappa shape index (κ2) is 11.3. The van der Waals surface area contributed by atoms with E-state index in [1.807, 2.05) is 20.8 Å². The Balaban J connectivity index is 1.59. The first kappa shape index (κ1) is 26.7. The normalized spacial score (nSPS) is 18.1. The van der Waals surface area contributed by atoms with Gasteiger partial charge in [0.25, 0.3) is 5.91 Å². The monoisotopic (exact) mass is 520 g/mol. The number of carbonyl (C=O) groups is 3. The third kappa shape index (κ3) is 5.35. The second-order valence-corrected chi connectivity index (χ2v) is 10.6. The van der Waals surface area contributed by atoms with Gasteiger partial charge in [0, 0.05) is 11.7 Å². The number of hydrogen-bond donors (Lipinski definition) is 0. The minimum atomic E-state index is -0.837. The molecule has 3 amide bonds. The van der Waals surface area contributed by atoms with Gasteiger partial charge >= 0.3 is 0 Å². The molecule has 1 aromatic heterocycles. The van der Waals surface area contributed by atoms with E-state index in [2.05, 4.69) is 11.1 Å². The Hall–Kier alpha value is -3.38. The van der Waals surface area contributed by atoms with Crippen LogP contribution in [-0.4, -0.2) is 52.6 Å². The molecule has 1 saturated heterocycles. The molecule has 2 aliphatic rings. The molecule has 9 heteroatoms. The molecule has 0 bridgehead atoms. The van der Waals surface area contributed by atoms with Gasteiger partial charge in [-0.15, -0.1) is 0 Å². The Bertz CT molecular complexity index is 1250. The van der Waals surface area contributed by atoms with Crippen LogP contribution in [0, 0.1) is 32.1 Å². The van der Waals surface area contributed by atoms with Crippen LogP contribution in [0.4, 0.5) is 5.69 Å². The van der Waals surface area contributed by atoms with E-state index in [9.17, 15) is 19.6 Å². The molecular formula is C28H32N4O4S. The molecule has 1 saturated carbocycles. The summed E-state index contributed by atoms with van der Waals surface area (Å²) in [6.07, 6.45) is 4.63. The largest absolute Gasteiger partial charge is 0.497 e. The number of carbonyl (C=O) groups excluding carboxylic acids is 3. The summed E-state index contributed by atoms with van der Waals surface area (Å²) in [5, 5.41) is 10.2. The van der Waals surface area contributed by atoms with E-state index in [1.165, 1.54) is 16.7 Å². The van der Waals surface area contributed by atoms with Crippen LogP contribution < -0.4 is 9.64 Å². The number of benzene rings is 1. The van der Waals surface area contributed by atoms with Crippen LogP contribution >= 0.6 is 11.8 Å². The number of hydrogen-bond acceptors (Lipinski definition) is 7. The Morgan fingerprint density at radius 1 is 1.14 bits per heavy atom.